The Kier molecular flexibility index (Phi) is 6.98. The SMILES string of the molecule is CC(=O)CC(C)=O.[Ir+3]. The Morgan fingerprint density at radius 3 is 1.38 bits per heavy atom. The van der Waals surface area contributed by atoms with Crippen LogP contribution in [0, 0.1) is 0 Å². The van der Waals surface area contributed by atoms with Crippen molar-refractivity contribution in [1.82, 2.24) is 0 Å². The Balaban J connectivity index is 0. The number of hydrogen-bond donors (Lipinski definition) is 0. The second-order valence-corrected chi connectivity index (χ2v) is 1.58. The van der Waals surface area contributed by atoms with E-state index in [1.165, 1.54) is 13.8 Å². The molecule has 0 bridgehead atoms. The smallest absolute Gasteiger partial charge is 0.300 e. The Hall–Kier alpha value is -0.0106. The third-order valence-corrected chi connectivity index (χ3v) is 0.498. The topological polar surface area (TPSA) is 34.1 Å². The molecule has 0 N–H and O–H groups in total. The van der Waals surface area contributed by atoms with Crippen LogP contribution >= 0.6 is 0 Å². The number of rotatable bonds is 2. The molecular formula is C5H8IrO2+3. The minimum atomic E-state index is -0.0625. The van der Waals surface area contributed by atoms with Gasteiger partial charge < -0.3 is 0 Å². The minimum absolute atomic E-state index is 0. The van der Waals surface area contributed by atoms with Crippen LogP contribution in [0.2, 0.25) is 0 Å². The molecule has 0 fully saturated rings. The number of hydrogen-bond acceptors (Lipinski definition) is 2. The summed E-state index contributed by atoms with van der Waals surface area (Å²) in [4.78, 5) is 20.1. The molecule has 8 heavy (non-hydrogen) atoms. The first-order valence-corrected chi connectivity index (χ1v) is 2.12. The van der Waals surface area contributed by atoms with Crippen LogP contribution in [0.5, 0.6) is 0 Å². The fourth-order valence-electron chi connectivity index (χ4n) is 0.351. The molecule has 0 amide bonds. The van der Waals surface area contributed by atoms with Crippen LogP contribution in [0.1, 0.15) is 20.3 Å². The first-order valence-electron chi connectivity index (χ1n) is 2.12. The van der Waals surface area contributed by atoms with Gasteiger partial charge in [-0.25, -0.2) is 0 Å². The van der Waals surface area contributed by atoms with Gasteiger partial charge in [-0.2, -0.15) is 0 Å². The van der Waals surface area contributed by atoms with Gasteiger partial charge in [0.1, 0.15) is 11.6 Å². The number of ketones is 2. The van der Waals surface area contributed by atoms with Gasteiger partial charge in [-0.3, -0.25) is 9.59 Å². The molecule has 0 aromatic heterocycles. The average molecular weight is 292 g/mol. The van der Waals surface area contributed by atoms with Gasteiger partial charge in [0.25, 0.3) is 0 Å². The number of Topliss-reactive ketones (excluding diaryl/α,β-unsaturated/α-hetero) is 2. The summed E-state index contributed by atoms with van der Waals surface area (Å²) in [5, 5.41) is 0. The summed E-state index contributed by atoms with van der Waals surface area (Å²) < 4.78 is 0. The molecular weight excluding hydrogens is 284 g/mol. The summed E-state index contributed by atoms with van der Waals surface area (Å²) in [6.07, 6.45) is 0.0833. The second-order valence-electron chi connectivity index (χ2n) is 1.58. The molecule has 0 aliphatic carbocycles. The standard InChI is InChI=1S/C5H8O2.Ir/c1-4(6)3-5(2)7;/h3H2,1-2H3;/q;+3. The molecule has 0 atom stereocenters. The third kappa shape index (κ3) is 9.37. The first-order chi connectivity index (χ1) is 3.13. The summed E-state index contributed by atoms with van der Waals surface area (Å²) in [6, 6.07) is 0. The molecule has 0 aromatic rings. The number of carbonyl (C=O) groups is 2. The van der Waals surface area contributed by atoms with E-state index in [1.807, 2.05) is 0 Å². The van der Waals surface area contributed by atoms with E-state index in [2.05, 4.69) is 0 Å². The van der Waals surface area contributed by atoms with Gasteiger partial charge in [-0.05, 0) is 13.8 Å². The summed E-state index contributed by atoms with van der Waals surface area (Å²) >= 11 is 0. The van der Waals surface area contributed by atoms with Gasteiger partial charge in [0.2, 0.25) is 0 Å². The Bertz CT molecular complexity index is 86.6. The van der Waals surface area contributed by atoms with Crippen molar-refractivity contribution in [2.24, 2.45) is 0 Å². The van der Waals surface area contributed by atoms with Crippen LogP contribution in [-0.4, -0.2) is 11.6 Å². The van der Waals surface area contributed by atoms with Crippen molar-refractivity contribution in [3.8, 4) is 0 Å². The average Bonchev–Trinajstić information content (AvgIpc) is 1.27. The van der Waals surface area contributed by atoms with Crippen LogP contribution in [0.3, 0.4) is 0 Å². The molecule has 46 valence electrons. The zero-order chi connectivity index (χ0) is 5.86. The molecule has 0 saturated heterocycles. The van der Waals surface area contributed by atoms with Crippen LogP contribution in [0.4, 0.5) is 0 Å². The van der Waals surface area contributed by atoms with E-state index in [4.69, 9.17) is 0 Å². The van der Waals surface area contributed by atoms with Gasteiger partial charge in [0, 0.05) is 0 Å². The monoisotopic (exact) mass is 293 g/mol. The molecule has 0 rings (SSSR count). The number of carbonyl (C=O) groups excluding carboxylic acids is 2. The predicted octanol–water partition coefficient (Wildman–Crippen LogP) is 0.552. The molecule has 0 aromatic carbocycles. The summed E-state index contributed by atoms with van der Waals surface area (Å²) in [5.41, 5.74) is 0. The zero-order valence-corrected chi connectivity index (χ0v) is 7.25. The van der Waals surface area contributed by atoms with E-state index in [1.54, 1.807) is 0 Å². The molecule has 0 spiro atoms. The van der Waals surface area contributed by atoms with Crippen molar-refractivity contribution >= 4 is 11.6 Å². The molecule has 0 aliphatic rings. The van der Waals surface area contributed by atoms with Crippen molar-refractivity contribution in [3.63, 3.8) is 0 Å². The van der Waals surface area contributed by atoms with Crippen molar-refractivity contribution in [3.05, 3.63) is 0 Å². The molecule has 0 radical (unpaired) electrons. The van der Waals surface area contributed by atoms with Gasteiger partial charge in [-0.15, -0.1) is 0 Å². The normalized spacial score (nSPS) is 7.25. The van der Waals surface area contributed by atoms with Crippen molar-refractivity contribution in [2.75, 3.05) is 0 Å². The molecule has 0 saturated carbocycles. The van der Waals surface area contributed by atoms with E-state index >= 15 is 0 Å². The molecule has 3 heteroatoms. The van der Waals surface area contributed by atoms with E-state index in [9.17, 15) is 9.59 Å². The third-order valence-electron chi connectivity index (χ3n) is 0.498. The molecule has 0 aliphatic heterocycles. The van der Waals surface area contributed by atoms with Crippen molar-refractivity contribution in [1.29, 1.82) is 0 Å². The van der Waals surface area contributed by atoms with E-state index in [-0.39, 0.29) is 38.1 Å². The van der Waals surface area contributed by atoms with Crippen LogP contribution in [0.25, 0.3) is 0 Å². The molecule has 0 unspecified atom stereocenters. The van der Waals surface area contributed by atoms with Gasteiger partial charge in [0.05, 0.1) is 6.42 Å². The van der Waals surface area contributed by atoms with Gasteiger partial charge in [0.15, 0.2) is 0 Å². The molecule has 2 nitrogen and oxygen atoms in total. The van der Waals surface area contributed by atoms with Gasteiger partial charge in [-0.1, -0.05) is 0 Å². The second kappa shape index (κ2) is 5.13. The van der Waals surface area contributed by atoms with E-state index in [0.29, 0.717) is 0 Å². The Morgan fingerprint density at radius 2 is 1.38 bits per heavy atom. The molecule has 0 heterocycles. The van der Waals surface area contributed by atoms with Crippen molar-refractivity contribution < 1.29 is 29.7 Å². The maximum Gasteiger partial charge on any atom is 3.00 e. The van der Waals surface area contributed by atoms with E-state index in [0.717, 1.165) is 0 Å². The summed E-state index contributed by atoms with van der Waals surface area (Å²) in [6.45, 7) is 2.81. The summed E-state index contributed by atoms with van der Waals surface area (Å²) in [5.74, 6) is -0.125. The van der Waals surface area contributed by atoms with Crippen LogP contribution < -0.4 is 0 Å². The van der Waals surface area contributed by atoms with E-state index < -0.39 is 0 Å². The largest absolute Gasteiger partial charge is 3.00 e. The summed E-state index contributed by atoms with van der Waals surface area (Å²) in [7, 11) is 0. The van der Waals surface area contributed by atoms with Crippen LogP contribution in [0.15, 0.2) is 0 Å². The Morgan fingerprint density at radius 1 is 1.12 bits per heavy atom. The van der Waals surface area contributed by atoms with Gasteiger partial charge >= 0.3 is 20.1 Å². The Labute approximate surface area is 62.0 Å². The van der Waals surface area contributed by atoms with Crippen LogP contribution in [-0.2, 0) is 29.7 Å². The minimum Gasteiger partial charge on any atom is -0.300 e. The zero-order valence-electron chi connectivity index (χ0n) is 4.86. The maximum atomic E-state index is 10.0. The first kappa shape index (κ1) is 10.9. The quantitative estimate of drug-likeness (QED) is 0.697. The maximum absolute atomic E-state index is 10.0. The fraction of sp³-hybridized carbons (Fsp3) is 0.600. The predicted molar refractivity (Wildman–Crippen MR) is 26.0 cm³/mol. The fourth-order valence-corrected chi connectivity index (χ4v) is 0.351. The van der Waals surface area contributed by atoms with Crippen molar-refractivity contribution in [2.45, 2.75) is 20.3 Å².